The second-order valence-electron chi connectivity index (χ2n) is 8.62. The molecule has 36 heavy (non-hydrogen) atoms. The fraction of sp³-hybridized carbons (Fsp3) is 0.133. The van der Waals surface area contributed by atoms with E-state index in [2.05, 4.69) is 24.3 Å². The molecule has 2 heterocycles. The lowest BCUT2D eigenvalue weighted by atomic mass is 9.86. The summed E-state index contributed by atoms with van der Waals surface area (Å²) in [5, 5.41) is 9.97. The summed E-state index contributed by atoms with van der Waals surface area (Å²) in [4.78, 5) is 23.8. The molecule has 5 aromatic rings. The average molecular weight is 479 g/mol. The van der Waals surface area contributed by atoms with Crippen LogP contribution >= 0.6 is 0 Å². The van der Waals surface area contributed by atoms with Gasteiger partial charge in [0, 0.05) is 29.8 Å². The van der Waals surface area contributed by atoms with E-state index in [1.54, 1.807) is 21.4 Å². The Morgan fingerprint density at radius 2 is 1.47 bits per heavy atom. The highest BCUT2D eigenvalue weighted by atomic mass is 16.5. The molecule has 180 valence electrons. The van der Waals surface area contributed by atoms with Gasteiger partial charge < -0.3 is 19.0 Å². The third-order valence-corrected chi connectivity index (χ3v) is 6.27. The number of rotatable bonds is 9. The van der Waals surface area contributed by atoms with Crippen molar-refractivity contribution in [3.63, 3.8) is 0 Å². The normalized spacial score (nSPS) is 11.1. The van der Waals surface area contributed by atoms with E-state index >= 15 is 0 Å². The first-order valence-corrected chi connectivity index (χ1v) is 11.8. The van der Waals surface area contributed by atoms with Gasteiger partial charge in [0.1, 0.15) is 18.9 Å². The standard InChI is InChI=1S/C30H26N2O4/c33-28-15-14-24(30(22-8-3-1-4-9-22)23-10-5-2-6-11-23)20-32(28)18-19-36-27-13-7-12-26-25(27)16-17-31(26)21-29(34)35/h1-17,20,30H,18-19,21H2,(H,34,35). The summed E-state index contributed by atoms with van der Waals surface area (Å²) < 4.78 is 9.40. The van der Waals surface area contributed by atoms with Crippen molar-refractivity contribution < 1.29 is 14.6 Å². The Labute approximate surface area is 208 Å². The maximum atomic E-state index is 12.7. The lowest BCUT2D eigenvalue weighted by Crippen LogP contribution is -2.23. The summed E-state index contributed by atoms with van der Waals surface area (Å²) >= 11 is 0. The van der Waals surface area contributed by atoms with E-state index in [4.69, 9.17) is 9.84 Å². The SMILES string of the molecule is O=C(O)Cn1ccc2c(OCCn3cc(C(c4ccccc4)c4ccccc4)ccc3=O)cccc21. The number of carboxylic acid groups (broad SMARTS) is 1. The van der Waals surface area contributed by atoms with Gasteiger partial charge in [0.05, 0.1) is 12.1 Å². The Bertz CT molecular complexity index is 1500. The van der Waals surface area contributed by atoms with E-state index in [9.17, 15) is 9.59 Å². The number of nitrogens with zero attached hydrogens (tertiary/aromatic N) is 2. The van der Waals surface area contributed by atoms with Crippen LogP contribution in [0.25, 0.3) is 10.9 Å². The van der Waals surface area contributed by atoms with Gasteiger partial charge in [0.25, 0.3) is 5.56 Å². The summed E-state index contributed by atoms with van der Waals surface area (Å²) in [6.45, 7) is 0.572. The smallest absolute Gasteiger partial charge is 0.323 e. The van der Waals surface area contributed by atoms with Gasteiger partial charge in [0.2, 0.25) is 0 Å². The molecule has 6 nitrogen and oxygen atoms in total. The van der Waals surface area contributed by atoms with E-state index < -0.39 is 5.97 Å². The number of benzene rings is 3. The first-order valence-electron chi connectivity index (χ1n) is 11.8. The molecule has 0 unspecified atom stereocenters. The van der Waals surface area contributed by atoms with Gasteiger partial charge in [-0.05, 0) is 34.9 Å². The molecule has 0 fully saturated rings. The number of hydrogen-bond acceptors (Lipinski definition) is 3. The van der Waals surface area contributed by atoms with Crippen molar-refractivity contribution in [3.05, 3.63) is 136 Å². The Morgan fingerprint density at radius 1 is 0.778 bits per heavy atom. The van der Waals surface area contributed by atoms with Crippen LogP contribution in [-0.2, 0) is 17.9 Å². The van der Waals surface area contributed by atoms with E-state index in [0.717, 1.165) is 27.6 Å². The van der Waals surface area contributed by atoms with Crippen LogP contribution in [0.15, 0.2) is 114 Å². The minimum absolute atomic E-state index is 0.00270. The Morgan fingerprint density at radius 3 is 2.14 bits per heavy atom. The molecule has 2 aromatic heterocycles. The van der Waals surface area contributed by atoms with Crippen LogP contribution in [0.4, 0.5) is 0 Å². The Kier molecular flexibility index (Phi) is 6.67. The number of carbonyl (C=O) groups is 1. The summed E-state index contributed by atoms with van der Waals surface area (Å²) in [6, 6.07) is 31.5. The number of aliphatic carboxylic acids is 1. The van der Waals surface area contributed by atoms with Crippen molar-refractivity contribution >= 4 is 16.9 Å². The number of pyridine rings is 1. The number of fused-ring (bicyclic) bond motifs is 1. The van der Waals surface area contributed by atoms with E-state index in [0.29, 0.717) is 18.9 Å². The van der Waals surface area contributed by atoms with E-state index in [1.807, 2.05) is 72.9 Å². The second kappa shape index (κ2) is 10.4. The van der Waals surface area contributed by atoms with Gasteiger partial charge in [-0.25, -0.2) is 0 Å². The summed E-state index contributed by atoms with van der Waals surface area (Å²) in [5.74, 6) is -0.238. The number of aromatic nitrogens is 2. The van der Waals surface area contributed by atoms with Crippen LogP contribution in [0, 0.1) is 0 Å². The maximum Gasteiger partial charge on any atom is 0.323 e. The Balaban J connectivity index is 1.38. The van der Waals surface area contributed by atoms with Crippen LogP contribution in [0.3, 0.4) is 0 Å². The topological polar surface area (TPSA) is 73.5 Å². The van der Waals surface area contributed by atoms with Crippen LogP contribution < -0.4 is 10.3 Å². The van der Waals surface area contributed by atoms with Gasteiger partial charge in [0.15, 0.2) is 0 Å². The molecule has 0 atom stereocenters. The van der Waals surface area contributed by atoms with Gasteiger partial charge in [-0.3, -0.25) is 9.59 Å². The van der Waals surface area contributed by atoms with Crippen LogP contribution in [0.2, 0.25) is 0 Å². The first kappa shape index (κ1) is 23.2. The largest absolute Gasteiger partial charge is 0.491 e. The third-order valence-electron chi connectivity index (χ3n) is 6.27. The zero-order chi connectivity index (χ0) is 24.9. The zero-order valence-electron chi connectivity index (χ0n) is 19.7. The van der Waals surface area contributed by atoms with Crippen molar-refractivity contribution in [2.24, 2.45) is 0 Å². The first-order chi connectivity index (χ1) is 17.6. The highest BCUT2D eigenvalue weighted by molar-refractivity contribution is 5.87. The maximum absolute atomic E-state index is 12.7. The molecule has 5 rings (SSSR count). The molecule has 0 bridgehead atoms. The quantitative estimate of drug-likeness (QED) is 0.318. The molecule has 3 aromatic carbocycles. The van der Waals surface area contributed by atoms with Gasteiger partial charge in [-0.15, -0.1) is 0 Å². The second-order valence-corrected chi connectivity index (χ2v) is 8.62. The molecular weight excluding hydrogens is 452 g/mol. The molecule has 0 amide bonds. The molecule has 0 spiro atoms. The Hall–Kier alpha value is -4.58. The van der Waals surface area contributed by atoms with Crippen LogP contribution in [0.5, 0.6) is 5.75 Å². The number of carboxylic acids is 1. The van der Waals surface area contributed by atoms with Crippen molar-refractivity contribution in [3.8, 4) is 5.75 Å². The molecule has 0 aliphatic rings. The van der Waals surface area contributed by atoms with Crippen LogP contribution in [-0.4, -0.2) is 26.8 Å². The van der Waals surface area contributed by atoms with Crippen molar-refractivity contribution in [1.29, 1.82) is 0 Å². The summed E-state index contributed by atoms with van der Waals surface area (Å²) in [5.41, 5.74) is 4.04. The van der Waals surface area contributed by atoms with Gasteiger partial charge in [-0.2, -0.15) is 0 Å². The lowest BCUT2D eigenvalue weighted by molar-refractivity contribution is -0.137. The van der Waals surface area contributed by atoms with Crippen molar-refractivity contribution in [2.75, 3.05) is 6.61 Å². The minimum Gasteiger partial charge on any atom is -0.491 e. The van der Waals surface area contributed by atoms with E-state index in [-0.39, 0.29) is 18.0 Å². The lowest BCUT2D eigenvalue weighted by Gasteiger charge is -2.20. The van der Waals surface area contributed by atoms with Crippen molar-refractivity contribution in [1.82, 2.24) is 9.13 Å². The van der Waals surface area contributed by atoms with E-state index in [1.165, 1.54) is 0 Å². The minimum atomic E-state index is -0.901. The molecule has 1 N–H and O–H groups in total. The molecule has 0 saturated heterocycles. The average Bonchev–Trinajstić information content (AvgIpc) is 3.30. The molecular formula is C30H26N2O4. The predicted molar refractivity (Wildman–Crippen MR) is 140 cm³/mol. The predicted octanol–water partition coefficient (Wildman–Crippen LogP) is 5.15. The van der Waals surface area contributed by atoms with Gasteiger partial charge >= 0.3 is 5.97 Å². The molecule has 6 heteroatoms. The fourth-order valence-electron chi connectivity index (χ4n) is 4.62. The summed E-state index contributed by atoms with van der Waals surface area (Å²) in [6.07, 6.45) is 3.66. The zero-order valence-corrected chi connectivity index (χ0v) is 19.7. The fourth-order valence-corrected chi connectivity index (χ4v) is 4.62. The number of hydrogen-bond donors (Lipinski definition) is 1. The summed E-state index contributed by atoms with van der Waals surface area (Å²) in [7, 11) is 0. The van der Waals surface area contributed by atoms with Crippen LogP contribution in [0.1, 0.15) is 22.6 Å². The molecule has 0 radical (unpaired) electrons. The monoisotopic (exact) mass is 478 g/mol. The highest BCUT2D eigenvalue weighted by Crippen LogP contribution is 2.31. The molecule has 0 aliphatic heterocycles. The van der Waals surface area contributed by atoms with Crippen molar-refractivity contribution in [2.45, 2.75) is 19.0 Å². The molecule has 0 saturated carbocycles. The highest BCUT2D eigenvalue weighted by Gasteiger charge is 2.17. The number of ether oxygens (including phenoxy) is 1. The molecule has 0 aliphatic carbocycles. The van der Waals surface area contributed by atoms with Gasteiger partial charge in [-0.1, -0.05) is 72.8 Å². The third kappa shape index (κ3) is 4.93.